The van der Waals surface area contributed by atoms with Gasteiger partial charge in [0, 0.05) is 11.8 Å². The van der Waals surface area contributed by atoms with Gasteiger partial charge in [0.2, 0.25) is 0 Å². The molecule has 0 amide bonds. The molecule has 0 unspecified atom stereocenters. The summed E-state index contributed by atoms with van der Waals surface area (Å²) in [5, 5.41) is 18.7. The Morgan fingerprint density at radius 3 is 1.35 bits per heavy atom. The molecule has 228 valence electrons. The third-order valence-electron chi connectivity index (χ3n) is 6.62. The van der Waals surface area contributed by atoms with Gasteiger partial charge in [0.1, 0.15) is 12.1 Å². The number of hydrogen-bond donors (Lipinski definition) is 0. The van der Waals surface area contributed by atoms with E-state index in [2.05, 4.69) is 0 Å². The predicted molar refractivity (Wildman–Crippen MR) is 167 cm³/mol. The zero-order valence-electron chi connectivity index (χ0n) is 26.1. The van der Waals surface area contributed by atoms with Crippen LogP contribution < -0.4 is 18.9 Å². The van der Waals surface area contributed by atoms with Gasteiger partial charge >= 0.3 is 0 Å². The summed E-state index contributed by atoms with van der Waals surface area (Å²) < 4.78 is 22.8. The van der Waals surface area contributed by atoms with Crippen LogP contribution in [0.25, 0.3) is 12.2 Å². The Hall–Kier alpha value is -4.56. The van der Waals surface area contributed by atoms with Gasteiger partial charge in [0.05, 0.1) is 38.6 Å². The van der Waals surface area contributed by atoms with Crippen LogP contribution in [-0.4, -0.2) is 39.0 Å². The molecule has 0 saturated carbocycles. The number of ketones is 2. The molecule has 0 aliphatic heterocycles. The van der Waals surface area contributed by atoms with Crippen LogP contribution in [0.1, 0.15) is 70.9 Å². The van der Waals surface area contributed by atoms with E-state index in [1.54, 1.807) is 90.5 Å². The van der Waals surface area contributed by atoms with E-state index >= 15 is 0 Å². The van der Waals surface area contributed by atoms with E-state index < -0.39 is 0 Å². The first kappa shape index (κ1) is 34.6. The lowest BCUT2D eigenvalue weighted by molar-refractivity contribution is -0.118. The summed E-state index contributed by atoms with van der Waals surface area (Å²) in [6.45, 7) is 8.16. The molecular formula is C35H42N2O6. The van der Waals surface area contributed by atoms with Crippen LogP contribution >= 0.6 is 0 Å². The van der Waals surface area contributed by atoms with Crippen LogP contribution in [0.15, 0.2) is 47.5 Å². The molecule has 0 aliphatic carbocycles. The van der Waals surface area contributed by atoms with Crippen molar-refractivity contribution in [3.05, 3.63) is 58.7 Å². The van der Waals surface area contributed by atoms with Crippen LogP contribution in [0.3, 0.4) is 0 Å². The average molecular weight is 587 g/mol. The van der Waals surface area contributed by atoms with Crippen molar-refractivity contribution in [1.29, 1.82) is 10.5 Å². The minimum Gasteiger partial charge on any atom is -0.493 e. The van der Waals surface area contributed by atoms with Gasteiger partial charge in [-0.05, 0) is 60.4 Å². The molecule has 8 heteroatoms. The molecule has 2 aromatic carbocycles. The van der Waals surface area contributed by atoms with Crippen LogP contribution in [0.5, 0.6) is 23.0 Å². The molecule has 0 aromatic heterocycles. The Morgan fingerprint density at radius 2 is 1.02 bits per heavy atom. The third kappa shape index (κ3) is 11.0. The number of allylic oxidation sites excluding steroid dienone is 2. The lowest BCUT2D eigenvalue weighted by atomic mass is 10.00. The van der Waals surface area contributed by atoms with Crippen molar-refractivity contribution in [2.24, 2.45) is 11.8 Å². The Bertz CT molecular complexity index is 1290. The van der Waals surface area contributed by atoms with E-state index in [0.717, 1.165) is 32.1 Å². The van der Waals surface area contributed by atoms with E-state index in [-0.39, 0.29) is 34.5 Å². The Balaban J connectivity index is 1.77. The van der Waals surface area contributed by atoms with Crippen molar-refractivity contribution in [1.82, 2.24) is 0 Å². The first-order valence-corrected chi connectivity index (χ1v) is 14.6. The van der Waals surface area contributed by atoms with Gasteiger partial charge in [-0.2, -0.15) is 10.5 Å². The minimum atomic E-state index is -0.249. The number of rotatable bonds is 18. The average Bonchev–Trinajstić information content (AvgIpc) is 3.01. The highest BCUT2D eigenvalue weighted by atomic mass is 16.5. The van der Waals surface area contributed by atoms with Crippen LogP contribution in [0.2, 0.25) is 0 Å². The lowest BCUT2D eigenvalue weighted by Crippen LogP contribution is -2.08. The first-order valence-electron chi connectivity index (χ1n) is 14.6. The van der Waals surface area contributed by atoms with Crippen molar-refractivity contribution in [2.45, 2.75) is 59.8 Å². The first-order chi connectivity index (χ1) is 20.6. The van der Waals surface area contributed by atoms with Crippen molar-refractivity contribution in [3.63, 3.8) is 0 Å². The van der Waals surface area contributed by atoms with Crippen molar-refractivity contribution in [3.8, 4) is 35.1 Å². The van der Waals surface area contributed by atoms with Gasteiger partial charge < -0.3 is 18.9 Å². The fourth-order valence-electron chi connectivity index (χ4n) is 4.16. The standard InChI is InChI=1S/C35H42N2O6/c1-24(2)34(38)28(22-36)18-26-12-14-30(32(20-26)40-5)42-16-10-8-7-9-11-17-43-31-15-13-27(21-33(31)41-6)19-29(23-37)35(39)25(3)4/h12-15,18-21,24-25H,7-11,16-17H2,1-6H3. The Labute approximate surface area is 255 Å². The van der Waals surface area contributed by atoms with E-state index in [1.165, 1.54) is 0 Å². The summed E-state index contributed by atoms with van der Waals surface area (Å²) in [7, 11) is 3.12. The minimum absolute atomic E-state index is 0.118. The molecule has 0 saturated heterocycles. The number of unbranched alkanes of at least 4 members (excludes halogenated alkanes) is 4. The zero-order chi connectivity index (χ0) is 31.8. The molecule has 43 heavy (non-hydrogen) atoms. The molecule has 2 rings (SSSR count). The van der Waals surface area contributed by atoms with Gasteiger partial charge in [-0.3, -0.25) is 9.59 Å². The third-order valence-corrected chi connectivity index (χ3v) is 6.62. The smallest absolute Gasteiger partial charge is 0.175 e. The number of hydrogen-bond acceptors (Lipinski definition) is 8. The zero-order valence-corrected chi connectivity index (χ0v) is 26.1. The Kier molecular flexibility index (Phi) is 14.6. The normalized spacial score (nSPS) is 11.6. The highest BCUT2D eigenvalue weighted by molar-refractivity contribution is 6.04. The van der Waals surface area contributed by atoms with Crippen molar-refractivity contribution < 1.29 is 28.5 Å². The number of nitrogens with zero attached hydrogens (tertiary/aromatic N) is 2. The largest absolute Gasteiger partial charge is 0.493 e. The fourth-order valence-corrected chi connectivity index (χ4v) is 4.16. The molecule has 0 heterocycles. The highest BCUT2D eigenvalue weighted by Gasteiger charge is 2.15. The summed E-state index contributed by atoms with van der Waals surface area (Å²) in [6, 6.07) is 14.7. The number of nitriles is 2. The molecule has 0 N–H and O–H groups in total. The second-order valence-electron chi connectivity index (χ2n) is 10.7. The summed E-state index contributed by atoms with van der Waals surface area (Å²) in [4.78, 5) is 24.4. The van der Waals surface area contributed by atoms with Gasteiger partial charge in [-0.15, -0.1) is 0 Å². The van der Waals surface area contributed by atoms with Gasteiger partial charge in [0.15, 0.2) is 34.6 Å². The van der Waals surface area contributed by atoms with Gasteiger partial charge in [0.25, 0.3) is 0 Å². The maximum atomic E-state index is 12.2. The molecule has 0 bridgehead atoms. The second-order valence-corrected chi connectivity index (χ2v) is 10.7. The van der Waals surface area contributed by atoms with Crippen molar-refractivity contribution in [2.75, 3.05) is 27.4 Å². The topological polar surface area (TPSA) is 119 Å². The maximum absolute atomic E-state index is 12.2. The monoisotopic (exact) mass is 586 g/mol. The highest BCUT2D eigenvalue weighted by Crippen LogP contribution is 2.31. The van der Waals surface area contributed by atoms with Crippen LogP contribution in [0.4, 0.5) is 0 Å². The van der Waals surface area contributed by atoms with Crippen LogP contribution in [-0.2, 0) is 9.59 Å². The number of ether oxygens (including phenoxy) is 4. The molecule has 0 atom stereocenters. The molecule has 0 radical (unpaired) electrons. The fraction of sp³-hybridized carbons (Fsp3) is 0.429. The second kappa shape index (κ2) is 18.1. The summed E-state index contributed by atoms with van der Waals surface area (Å²) in [5.74, 6) is 1.46. The van der Waals surface area contributed by atoms with Crippen molar-refractivity contribution >= 4 is 23.7 Å². The molecule has 0 aliphatic rings. The number of carbonyl (C=O) groups is 2. The Morgan fingerprint density at radius 1 is 0.651 bits per heavy atom. The van der Waals surface area contributed by atoms with Gasteiger partial charge in [-0.1, -0.05) is 59.1 Å². The SMILES string of the molecule is COc1cc(C=C(C#N)C(=O)C(C)C)ccc1OCCCCCCCOc1ccc(C=C(C#N)C(=O)C(C)C)cc1OC. The number of methoxy groups -OCH3 is 2. The number of Topliss-reactive ketones (excluding diaryl/α,β-unsaturated/α-hetero) is 2. The molecule has 0 fully saturated rings. The maximum Gasteiger partial charge on any atom is 0.175 e. The van der Waals surface area contributed by atoms with E-state index in [1.807, 2.05) is 12.1 Å². The predicted octanol–water partition coefficient (Wildman–Crippen LogP) is 7.38. The molecule has 8 nitrogen and oxygen atoms in total. The molecule has 2 aromatic rings. The molecular weight excluding hydrogens is 544 g/mol. The molecule has 0 spiro atoms. The van der Waals surface area contributed by atoms with E-state index in [0.29, 0.717) is 47.3 Å². The van der Waals surface area contributed by atoms with E-state index in [9.17, 15) is 20.1 Å². The quantitative estimate of drug-likeness (QED) is 0.101. The summed E-state index contributed by atoms with van der Waals surface area (Å²) >= 11 is 0. The summed E-state index contributed by atoms with van der Waals surface area (Å²) in [5.41, 5.74) is 1.64. The van der Waals surface area contributed by atoms with Crippen LogP contribution in [0, 0.1) is 34.5 Å². The number of benzene rings is 2. The number of carbonyl (C=O) groups excluding carboxylic acids is 2. The van der Waals surface area contributed by atoms with Gasteiger partial charge in [-0.25, -0.2) is 0 Å². The van der Waals surface area contributed by atoms with E-state index in [4.69, 9.17) is 18.9 Å². The lowest BCUT2D eigenvalue weighted by Gasteiger charge is -2.12. The summed E-state index contributed by atoms with van der Waals surface area (Å²) in [6.07, 6.45) is 7.98.